The zero-order valence-corrected chi connectivity index (χ0v) is 20.3. The third-order valence-corrected chi connectivity index (χ3v) is 5.77. The van der Waals surface area contributed by atoms with Crippen molar-refractivity contribution in [1.82, 2.24) is 15.1 Å². The molecule has 4 rings (SSSR count). The van der Waals surface area contributed by atoms with Gasteiger partial charge in [-0.2, -0.15) is 0 Å². The van der Waals surface area contributed by atoms with Gasteiger partial charge in [-0.1, -0.05) is 6.07 Å². The van der Waals surface area contributed by atoms with E-state index in [0.29, 0.717) is 35.7 Å². The number of halogens is 1. The first-order valence-corrected chi connectivity index (χ1v) is 11.5. The third kappa shape index (κ3) is 5.21. The van der Waals surface area contributed by atoms with Crippen LogP contribution in [0, 0.1) is 12.7 Å². The number of methoxy groups -OCH3 is 1. The van der Waals surface area contributed by atoms with E-state index >= 15 is 0 Å². The summed E-state index contributed by atoms with van der Waals surface area (Å²) < 4.78 is 25.4. The van der Waals surface area contributed by atoms with Crippen molar-refractivity contribution in [2.75, 3.05) is 25.5 Å². The van der Waals surface area contributed by atoms with Crippen LogP contribution < -0.4 is 10.1 Å². The zero-order chi connectivity index (χ0) is 24.5. The Balaban J connectivity index is 1.65. The van der Waals surface area contributed by atoms with Crippen LogP contribution in [0.15, 0.2) is 36.4 Å². The van der Waals surface area contributed by atoms with Gasteiger partial charge in [0.05, 0.1) is 7.11 Å². The van der Waals surface area contributed by atoms with Gasteiger partial charge in [0, 0.05) is 35.5 Å². The Hall–Kier alpha value is -3.42. The Bertz CT molecular complexity index is 1210. The van der Waals surface area contributed by atoms with Crippen molar-refractivity contribution in [3.8, 4) is 17.0 Å². The summed E-state index contributed by atoms with van der Waals surface area (Å²) in [5.41, 5.74) is 1.92. The van der Waals surface area contributed by atoms with Crippen LogP contribution in [0.3, 0.4) is 0 Å². The molecule has 7 nitrogen and oxygen atoms in total. The number of amides is 1. The van der Waals surface area contributed by atoms with Crippen LogP contribution in [-0.4, -0.2) is 53.0 Å². The van der Waals surface area contributed by atoms with Crippen LogP contribution >= 0.6 is 0 Å². The lowest BCUT2D eigenvalue weighted by molar-refractivity contribution is 0.0206. The number of hydrogen-bond acceptors (Lipinski definition) is 6. The van der Waals surface area contributed by atoms with E-state index in [-0.39, 0.29) is 18.0 Å². The fourth-order valence-corrected chi connectivity index (χ4v) is 4.21. The van der Waals surface area contributed by atoms with Gasteiger partial charge in [0.15, 0.2) is 5.82 Å². The van der Waals surface area contributed by atoms with Gasteiger partial charge < -0.3 is 19.7 Å². The summed E-state index contributed by atoms with van der Waals surface area (Å²) in [5.74, 6) is 0.811. The highest BCUT2D eigenvalue weighted by atomic mass is 19.1. The van der Waals surface area contributed by atoms with Gasteiger partial charge in [-0.25, -0.2) is 9.18 Å². The number of nitrogens with zero attached hydrogens (tertiary/aromatic N) is 3. The molecule has 0 bridgehead atoms. The van der Waals surface area contributed by atoms with Gasteiger partial charge in [-0.15, -0.1) is 10.2 Å². The second-order valence-electron chi connectivity index (χ2n) is 9.70. The van der Waals surface area contributed by atoms with Gasteiger partial charge in [0.1, 0.15) is 22.9 Å². The summed E-state index contributed by atoms with van der Waals surface area (Å²) in [4.78, 5) is 14.2. The first-order chi connectivity index (χ1) is 16.1. The predicted octanol–water partition coefficient (Wildman–Crippen LogP) is 5.56. The number of ether oxygens (including phenoxy) is 2. The number of benzene rings is 2. The van der Waals surface area contributed by atoms with E-state index in [0.717, 1.165) is 29.4 Å². The van der Waals surface area contributed by atoms with Gasteiger partial charge in [0.25, 0.3) is 0 Å². The molecule has 1 fully saturated rings. The lowest BCUT2D eigenvalue weighted by atomic mass is 10.0. The monoisotopic (exact) mass is 466 g/mol. The minimum Gasteiger partial charge on any atom is -0.496 e. The number of fused-ring (bicyclic) bond motifs is 1. The number of aromatic nitrogens is 2. The molecule has 0 unspecified atom stereocenters. The molecule has 34 heavy (non-hydrogen) atoms. The van der Waals surface area contributed by atoms with Crippen molar-refractivity contribution in [3.05, 3.63) is 47.8 Å². The molecule has 8 heteroatoms. The topological polar surface area (TPSA) is 76.6 Å². The first-order valence-electron chi connectivity index (χ1n) is 11.5. The molecule has 2 aromatic carbocycles. The molecule has 0 aliphatic carbocycles. The van der Waals surface area contributed by atoms with Crippen molar-refractivity contribution in [2.24, 2.45) is 0 Å². The summed E-state index contributed by atoms with van der Waals surface area (Å²) in [7, 11) is 1.61. The van der Waals surface area contributed by atoms with Gasteiger partial charge in [0.2, 0.25) is 0 Å². The number of rotatable bonds is 4. The summed E-state index contributed by atoms with van der Waals surface area (Å²) in [6.45, 7) is 8.66. The van der Waals surface area contributed by atoms with E-state index in [2.05, 4.69) is 15.5 Å². The molecule has 2 heterocycles. The maximum absolute atomic E-state index is 14.3. The fourth-order valence-electron chi connectivity index (χ4n) is 4.21. The number of hydrogen-bond donors (Lipinski definition) is 1. The quantitative estimate of drug-likeness (QED) is 0.542. The average molecular weight is 467 g/mol. The number of carbonyl (C=O) groups excluding carboxylic acids is 1. The van der Waals surface area contributed by atoms with Gasteiger partial charge in [-0.3, -0.25) is 0 Å². The number of nitrogens with one attached hydrogen (secondary N) is 1. The minimum absolute atomic E-state index is 0.0539. The highest BCUT2D eigenvalue weighted by molar-refractivity contribution is 6.01. The molecule has 1 amide bonds. The number of piperidine rings is 1. The molecular weight excluding hydrogens is 435 g/mol. The number of anilines is 1. The van der Waals surface area contributed by atoms with Crippen molar-refractivity contribution < 1.29 is 18.7 Å². The van der Waals surface area contributed by atoms with E-state index in [9.17, 15) is 9.18 Å². The van der Waals surface area contributed by atoms with Crippen LogP contribution in [0.4, 0.5) is 15.0 Å². The molecule has 1 aliphatic heterocycles. The molecule has 1 atom stereocenters. The van der Waals surface area contributed by atoms with Gasteiger partial charge >= 0.3 is 6.09 Å². The predicted molar refractivity (Wildman–Crippen MR) is 131 cm³/mol. The van der Waals surface area contributed by atoms with Crippen molar-refractivity contribution >= 4 is 22.7 Å². The molecule has 1 N–H and O–H groups in total. The number of likely N-dealkylation sites (tertiary alicyclic amines) is 1. The van der Waals surface area contributed by atoms with E-state index < -0.39 is 5.60 Å². The van der Waals surface area contributed by atoms with Crippen LogP contribution in [0.2, 0.25) is 0 Å². The molecular formula is C26H31FN4O3. The van der Waals surface area contributed by atoms with Crippen LogP contribution in [0.25, 0.3) is 22.0 Å². The second kappa shape index (κ2) is 9.44. The van der Waals surface area contributed by atoms with E-state index in [4.69, 9.17) is 9.47 Å². The SMILES string of the molecule is COc1cc(C)ccc1-c1nnc(N[C@@H]2CCCN(C(=O)OC(C)(C)C)C2)c2cc(F)ccc12. The third-order valence-electron chi connectivity index (χ3n) is 5.77. The Morgan fingerprint density at radius 2 is 1.94 bits per heavy atom. The normalized spacial score (nSPS) is 16.4. The average Bonchev–Trinajstić information content (AvgIpc) is 2.78. The first kappa shape index (κ1) is 23.7. The van der Waals surface area contributed by atoms with Crippen LogP contribution in [0.5, 0.6) is 5.75 Å². The van der Waals surface area contributed by atoms with E-state index in [1.54, 1.807) is 18.1 Å². The molecule has 180 valence electrons. The maximum Gasteiger partial charge on any atom is 0.410 e. The Morgan fingerprint density at radius 3 is 2.68 bits per heavy atom. The minimum atomic E-state index is -0.552. The van der Waals surface area contributed by atoms with Gasteiger partial charge in [-0.05, 0) is 76.4 Å². The zero-order valence-electron chi connectivity index (χ0n) is 20.3. The molecule has 0 spiro atoms. The van der Waals surface area contributed by atoms with Crippen molar-refractivity contribution in [1.29, 1.82) is 0 Å². The maximum atomic E-state index is 14.3. The molecule has 0 saturated carbocycles. The lowest BCUT2D eigenvalue weighted by Crippen LogP contribution is -2.47. The summed E-state index contributed by atoms with van der Waals surface area (Å²) in [6.07, 6.45) is 1.35. The van der Waals surface area contributed by atoms with Crippen molar-refractivity contribution in [2.45, 2.75) is 52.2 Å². The highest BCUT2D eigenvalue weighted by Gasteiger charge is 2.28. The van der Waals surface area contributed by atoms with Crippen molar-refractivity contribution in [3.63, 3.8) is 0 Å². The number of carbonyl (C=O) groups is 1. The van der Waals surface area contributed by atoms with Crippen LogP contribution in [-0.2, 0) is 4.74 Å². The smallest absolute Gasteiger partial charge is 0.410 e. The molecule has 1 saturated heterocycles. The summed E-state index contributed by atoms with van der Waals surface area (Å²) in [5, 5.41) is 13.7. The largest absolute Gasteiger partial charge is 0.496 e. The summed E-state index contributed by atoms with van der Waals surface area (Å²) >= 11 is 0. The summed E-state index contributed by atoms with van der Waals surface area (Å²) in [6, 6.07) is 10.4. The second-order valence-corrected chi connectivity index (χ2v) is 9.70. The standard InChI is InChI=1S/C26H31FN4O3/c1-16-8-10-20(22(13-16)33-5)23-19-11-9-17(27)14-21(19)24(30-29-23)28-18-7-6-12-31(15-18)25(32)34-26(2,3)4/h8-11,13-14,18H,6-7,12,15H2,1-5H3,(H,28,30)/t18-/m1/s1. The Labute approximate surface area is 199 Å². The van der Waals surface area contributed by atoms with E-state index in [1.807, 2.05) is 45.9 Å². The fraction of sp³-hybridized carbons (Fsp3) is 0.423. The van der Waals surface area contributed by atoms with Crippen LogP contribution in [0.1, 0.15) is 39.2 Å². The Kier molecular flexibility index (Phi) is 6.59. The van der Waals surface area contributed by atoms with E-state index in [1.165, 1.54) is 12.1 Å². The number of aryl methyl sites for hydroxylation is 1. The molecule has 3 aromatic rings. The molecule has 1 aromatic heterocycles. The Morgan fingerprint density at radius 1 is 1.15 bits per heavy atom. The molecule has 1 aliphatic rings. The highest BCUT2D eigenvalue weighted by Crippen LogP contribution is 2.36. The lowest BCUT2D eigenvalue weighted by Gasteiger charge is -2.34. The molecule has 0 radical (unpaired) electrons.